The molecule has 0 spiro atoms. The Morgan fingerprint density at radius 3 is 2.71 bits per heavy atom. The summed E-state index contributed by atoms with van der Waals surface area (Å²) in [4.78, 5) is 4.45. The molecule has 0 saturated heterocycles. The summed E-state index contributed by atoms with van der Waals surface area (Å²) < 4.78 is 1.78. The van der Waals surface area contributed by atoms with E-state index in [4.69, 9.17) is 0 Å². The molecule has 0 aliphatic heterocycles. The minimum Gasteiger partial charge on any atom is -0.370 e. The fourth-order valence-corrected chi connectivity index (χ4v) is 1.64. The van der Waals surface area contributed by atoms with Crippen LogP contribution in [0.4, 0.5) is 17.3 Å². The molecule has 0 saturated carbocycles. The Hall–Kier alpha value is -2.04. The Bertz CT molecular complexity index is 503. The summed E-state index contributed by atoms with van der Waals surface area (Å²) in [6.07, 6.45) is 1.94. The van der Waals surface area contributed by atoms with E-state index in [1.165, 1.54) is 0 Å². The molecule has 0 radical (unpaired) electrons. The van der Waals surface area contributed by atoms with Gasteiger partial charge in [0.1, 0.15) is 11.6 Å². The largest absolute Gasteiger partial charge is 0.370 e. The molecule has 0 aromatic carbocycles. The van der Waals surface area contributed by atoms with Crippen molar-refractivity contribution in [3.63, 3.8) is 0 Å². The molecular formula is C12H17N5. The van der Waals surface area contributed by atoms with Gasteiger partial charge < -0.3 is 10.6 Å². The molecule has 17 heavy (non-hydrogen) atoms. The molecule has 0 unspecified atom stereocenters. The number of aromatic nitrogens is 3. The number of pyridine rings is 1. The van der Waals surface area contributed by atoms with Crippen LogP contribution < -0.4 is 10.6 Å². The fourth-order valence-electron chi connectivity index (χ4n) is 1.64. The van der Waals surface area contributed by atoms with Gasteiger partial charge in [-0.25, -0.2) is 4.98 Å². The maximum absolute atomic E-state index is 4.45. The highest BCUT2D eigenvalue weighted by atomic mass is 15.3. The molecule has 2 heterocycles. The fraction of sp³-hybridized carbons (Fsp3) is 0.333. The van der Waals surface area contributed by atoms with Crippen molar-refractivity contribution in [1.82, 2.24) is 14.8 Å². The van der Waals surface area contributed by atoms with E-state index in [-0.39, 0.29) is 0 Å². The molecule has 2 aromatic heterocycles. The van der Waals surface area contributed by atoms with E-state index in [0.29, 0.717) is 0 Å². The first-order chi connectivity index (χ1) is 8.19. The highest BCUT2D eigenvalue weighted by Gasteiger charge is 2.04. The zero-order valence-electron chi connectivity index (χ0n) is 10.4. The van der Waals surface area contributed by atoms with Gasteiger partial charge in [-0.05, 0) is 26.0 Å². The topological polar surface area (TPSA) is 54.8 Å². The van der Waals surface area contributed by atoms with Crippen LogP contribution in [0.2, 0.25) is 0 Å². The van der Waals surface area contributed by atoms with E-state index in [1.54, 1.807) is 4.68 Å². The third-order valence-electron chi connectivity index (χ3n) is 2.38. The number of anilines is 3. The Morgan fingerprint density at radius 2 is 2.06 bits per heavy atom. The van der Waals surface area contributed by atoms with Crippen molar-refractivity contribution in [3.05, 3.63) is 30.1 Å². The van der Waals surface area contributed by atoms with Gasteiger partial charge in [0.15, 0.2) is 0 Å². The molecule has 5 heteroatoms. The van der Waals surface area contributed by atoms with Gasteiger partial charge in [-0.3, -0.25) is 4.68 Å². The Kier molecular flexibility index (Phi) is 3.27. The van der Waals surface area contributed by atoms with Crippen LogP contribution in [-0.2, 0) is 7.05 Å². The van der Waals surface area contributed by atoms with Crippen LogP contribution in [0.5, 0.6) is 0 Å². The van der Waals surface area contributed by atoms with Gasteiger partial charge in [-0.2, -0.15) is 5.10 Å². The zero-order valence-corrected chi connectivity index (χ0v) is 10.4. The summed E-state index contributed by atoms with van der Waals surface area (Å²) in [5.41, 5.74) is 1.94. The first kappa shape index (κ1) is 11.4. The van der Waals surface area contributed by atoms with E-state index in [9.17, 15) is 0 Å². The second-order valence-corrected chi connectivity index (χ2v) is 3.87. The molecule has 0 atom stereocenters. The van der Waals surface area contributed by atoms with Crippen molar-refractivity contribution in [2.24, 2.45) is 7.05 Å². The molecule has 0 fully saturated rings. The summed E-state index contributed by atoms with van der Waals surface area (Å²) in [6.45, 7) is 4.88. The predicted octanol–water partition coefficient (Wildman–Crippen LogP) is 2.30. The molecule has 0 amide bonds. The van der Waals surface area contributed by atoms with Crippen LogP contribution in [-0.4, -0.2) is 21.3 Å². The second kappa shape index (κ2) is 4.86. The maximum atomic E-state index is 4.45. The van der Waals surface area contributed by atoms with E-state index in [2.05, 4.69) is 20.7 Å². The van der Waals surface area contributed by atoms with Crippen LogP contribution in [0.15, 0.2) is 24.4 Å². The van der Waals surface area contributed by atoms with Gasteiger partial charge in [0.2, 0.25) is 0 Å². The first-order valence-electron chi connectivity index (χ1n) is 5.67. The van der Waals surface area contributed by atoms with Crippen LogP contribution in [0, 0.1) is 6.92 Å². The molecule has 5 nitrogen and oxygen atoms in total. The Balaban J connectivity index is 2.18. The lowest BCUT2D eigenvalue weighted by Crippen LogP contribution is -2.01. The molecule has 0 aliphatic rings. The third-order valence-corrected chi connectivity index (χ3v) is 2.38. The quantitative estimate of drug-likeness (QED) is 0.847. The van der Waals surface area contributed by atoms with E-state index in [1.807, 2.05) is 45.3 Å². The number of aryl methyl sites for hydroxylation is 2. The van der Waals surface area contributed by atoms with Crippen molar-refractivity contribution in [1.29, 1.82) is 0 Å². The molecule has 0 bridgehead atoms. The molecule has 2 rings (SSSR count). The molecule has 0 aliphatic carbocycles. The number of hydrogen-bond donors (Lipinski definition) is 2. The van der Waals surface area contributed by atoms with E-state index in [0.717, 1.165) is 29.6 Å². The maximum Gasteiger partial charge on any atom is 0.132 e. The molecular weight excluding hydrogens is 214 g/mol. The average Bonchev–Trinajstić information content (AvgIpc) is 2.58. The highest BCUT2D eigenvalue weighted by Crippen LogP contribution is 2.18. The molecule has 2 aromatic rings. The summed E-state index contributed by atoms with van der Waals surface area (Å²) in [6, 6.07) is 5.86. The van der Waals surface area contributed by atoms with Crippen LogP contribution in [0.1, 0.15) is 12.6 Å². The Labute approximate surface area is 101 Å². The van der Waals surface area contributed by atoms with Crippen LogP contribution >= 0.6 is 0 Å². The molecule has 2 N–H and O–H groups in total. The van der Waals surface area contributed by atoms with E-state index >= 15 is 0 Å². The van der Waals surface area contributed by atoms with Gasteiger partial charge in [-0.15, -0.1) is 0 Å². The molecule has 90 valence electrons. The summed E-state index contributed by atoms with van der Waals surface area (Å²) in [7, 11) is 1.90. The Morgan fingerprint density at radius 1 is 1.29 bits per heavy atom. The summed E-state index contributed by atoms with van der Waals surface area (Å²) in [5, 5.41) is 10.7. The number of rotatable bonds is 4. The van der Waals surface area contributed by atoms with Crippen LogP contribution in [0.25, 0.3) is 0 Å². The lowest BCUT2D eigenvalue weighted by atomic mass is 10.3. The lowest BCUT2D eigenvalue weighted by molar-refractivity contribution is 0.756. The third kappa shape index (κ3) is 2.75. The zero-order chi connectivity index (χ0) is 12.3. The van der Waals surface area contributed by atoms with Crippen molar-refractivity contribution >= 4 is 17.3 Å². The minimum absolute atomic E-state index is 0.819. The van der Waals surface area contributed by atoms with Crippen molar-refractivity contribution < 1.29 is 0 Å². The van der Waals surface area contributed by atoms with Crippen molar-refractivity contribution in [2.75, 3.05) is 17.2 Å². The van der Waals surface area contributed by atoms with E-state index < -0.39 is 0 Å². The van der Waals surface area contributed by atoms with Gasteiger partial charge in [-0.1, -0.05) is 6.07 Å². The van der Waals surface area contributed by atoms with Crippen LogP contribution in [0.3, 0.4) is 0 Å². The second-order valence-electron chi connectivity index (χ2n) is 3.87. The standard InChI is InChI=1S/C12H17N5/c1-4-13-11-6-5-7-12(15-11)14-10-8-17(3)16-9(10)2/h5-8H,4H2,1-3H3,(H2,13,14,15). The number of nitrogens with zero attached hydrogens (tertiary/aromatic N) is 3. The van der Waals surface area contributed by atoms with Gasteiger partial charge >= 0.3 is 0 Å². The SMILES string of the molecule is CCNc1cccc(Nc2cn(C)nc2C)n1. The smallest absolute Gasteiger partial charge is 0.132 e. The monoisotopic (exact) mass is 231 g/mol. The summed E-state index contributed by atoms with van der Waals surface area (Å²) >= 11 is 0. The van der Waals surface area contributed by atoms with Gasteiger partial charge in [0.05, 0.1) is 11.4 Å². The highest BCUT2D eigenvalue weighted by molar-refractivity contribution is 5.59. The van der Waals surface area contributed by atoms with Gasteiger partial charge in [0.25, 0.3) is 0 Å². The van der Waals surface area contributed by atoms with Crippen molar-refractivity contribution in [3.8, 4) is 0 Å². The van der Waals surface area contributed by atoms with Crippen molar-refractivity contribution in [2.45, 2.75) is 13.8 Å². The number of nitrogens with one attached hydrogen (secondary N) is 2. The predicted molar refractivity (Wildman–Crippen MR) is 69.6 cm³/mol. The average molecular weight is 231 g/mol. The lowest BCUT2D eigenvalue weighted by Gasteiger charge is -2.06. The first-order valence-corrected chi connectivity index (χ1v) is 5.67. The minimum atomic E-state index is 0.819. The van der Waals surface area contributed by atoms with Gasteiger partial charge in [0, 0.05) is 19.8 Å². The normalized spacial score (nSPS) is 10.3. The summed E-state index contributed by atoms with van der Waals surface area (Å²) in [5.74, 6) is 1.69. The number of hydrogen-bond acceptors (Lipinski definition) is 4.